The van der Waals surface area contributed by atoms with Gasteiger partial charge >= 0.3 is 12.0 Å². The first kappa shape index (κ1) is 16.5. The van der Waals surface area contributed by atoms with Gasteiger partial charge in [-0.2, -0.15) is 0 Å². The fourth-order valence-electron chi connectivity index (χ4n) is 3.75. The molecule has 134 valence electrons. The van der Waals surface area contributed by atoms with Gasteiger partial charge in [-0.1, -0.05) is 35.3 Å². The van der Waals surface area contributed by atoms with Gasteiger partial charge in [-0.3, -0.25) is 14.6 Å². The molecule has 2 aromatic rings. The van der Waals surface area contributed by atoms with Crippen LogP contribution in [0.2, 0.25) is 0 Å². The molecule has 0 radical (unpaired) electrons. The number of likely N-dealkylation sites (N-methyl/N-ethyl adjacent to an activating group) is 1. The third kappa shape index (κ3) is 2.27. The largest absolute Gasteiger partial charge is 0.402 e. The number of fused-ring (bicyclic) bond motifs is 3. The molecule has 2 aliphatic rings. The molecule has 1 fully saturated rings. The lowest BCUT2D eigenvalue weighted by Crippen LogP contribution is -2.62. The SMILES string of the molecule is Cc1c[n+]2c(n1C(C)C)N=C1C2C(=O)N(Cc2ccccc2)C(=O)N1C. The number of imide groups is 1. The number of aromatic nitrogens is 2. The van der Waals surface area contributed by atoms with Crippen LogP contribution < -0.4 is 4.57 Å². The molecule has 4 rings (SSSR count). The van der Waals surface area contributed by atoms with Crippen molar-refractivity contribution in [3.63, 3.8) is 0 Å². The molecule has 0 N–H and O–H groups in total. The Labute approximate surface area is 152 Å². The topological polar surface area (TPSA) is 61.8 Å². The summed E-state index contributed by atoms with van der Waals surface area (Å²) in [7, 11) is 1.68. The second-order valence-corrected chi connectivity index (χ2v) is 7.07. The molecule has 0 bridgehead atoms. The summed E-state index contributed by atoms with van der Waals surface area (Å²) in [5.74, 6) is 0.973. The zero-order valence-electron chi connectivity index (χ0n) is 15.4. The van der Waals surface area contributed by atoms with E-state index < -0.39 is 6.04 Å². The van der Waals surface area contributed by atoms with E-state index in [0.29, 0.717) is 11.8 Å². The first-order valence-corrected chi connectivity index (χ1v) is 8.74. The van der Waals surface area contributed by atoms with Crippen molar-refractivity contribution >= 4 is 23.7 Å². The molecule has 0 aliphatic carbocycles. The van der Waals surface area contributed by atoms with Crippen LogP contribution in [0.5, 0.6) is 0 Å². The Bertz CT molecular complexity index is 929. The van der Waals surface area contributed by atoms with Gasteiger partial charge in [0.2, 0.25) is 11.9 Å². The Hall–Kier alpha value is -2.96. The summed E-state index contributed by atoms with van der Waals surface area (Å²) >= 11 is 0. The molecular formula is C19H22N5O2+. The molecule has 2 aliphatic heterocycles. The molecule has 26 heavy (non-hydrogen) atoms. The lowest BCUT2D eigenvalue weighted by Gasteiger charge is -2.33. The first-order valence-electron chi connectivity index (χ1n) is 8.74. The Morgan fingerprint density at radius 1 is 1.19 bits per heavy atom. The summed E-state index contributed by atoms with van der Waals surface area (Å²) in [4.78, 5) is 33.4. The number of amides is 3. The van der Waals surface area contributed by atoms with Gasteiger partial charge in [-0.25, -0.2) is 13.9 Å². The summed E-state index contributed by atoms with van der Waals surface area (Å²) in [6.07, 6.45) is 1.94. The maximum absolute atomic E-state index is 13.2. The van der Waals surface area contributed by atoms with Gasteiger partial charge in [0.25, 0.3) is 5.91 Å². The van der Waals surface area contributed by atoms with Gasteiger partial charge in [0.15, 0.2) is 0 Å². The van der Waals surface area contributed by atoms with Crippen molar-refractivity contribution in [2.24, 2.45) is 4.99 Å². The van der Waals surface area contributed by atoms with Crippen LogP contribution in [-0.4, -0.2) is 39.2 Å². The molecular weight excluding hydrogens is 330 g/mol. The van der Waals surface area contributed by atoms with E-state index in [2.05, 4.69) is 23.4 Å². The van der Waals surface area contributed by atoms with E-state index >= 15 is 0 Å². The quantitative estimate of drug-likeness (QED) is 0.796. The van der Waals surface area contributed by atoms with Crippen LogP contribution >= 0.6 is 0 Å². The van der Waals surface area contributed by atoms with Crippen LogP contribution in [0.4, 0.5) is 10.7 Å². The Kier molecular flexibility index (Phi) is 3.68. The average molecular weight is 352 g/mol. The second-order valence-electron chi connectivity index (χ2n) is 7.07. The van der Waals surface area contributed by atoms with Crippen molar-refractivity contribution in [2.45, 2.75) is 39.4 Å². The van der Waals surface area contributed by atoms with E-state index in [1.54, 1.807) is 7.05 Å². The number of rotatable bonds is 3. The highest BCUT2D eigenvalue weighted by Crippen LogP contribution is 2.31. The zero-order valence-corrected chi connectivity index (χ0v) is 15.4. The lowest BCUT2D eigenvalue weighted by molar-refractivity contribution is -0.677. The van der Waals surface area contributed by atoms with Gasteiger partial charge in [0.1, 0.15) is 11.9 Å². The van der Waals surface area contributed by atoms with Crippen LogP contribution in [0.25, 0.3) is 0 Å². The van der Waals surface area contributed by atoms with Crippen LogP contribution in [-0.2, 0) is 11.3 Å². The summed E-state index contributed by atoms with van der Waals surface area (Å²) in [5.41, 5.74) is 1.96. The standard InChI is InChI=1S/C19H22N5O2/c1-12(2)24-13(3)10-22-15-16(20-18(22)24)21(4)19(26)23(17(15)25)11-14-8-6-5-7-9-14/h5-10,12,15H,11H2,1-4H3/q+1. The molecule has 7 heteroatoms. The summed E-state index contributed by atoms with van der Waals surface area (Å²) < 4.78 is 3.96. The molecule has 3 amide bonds. The fraction of sp³-hybridized carbons (Fsp3) is 0.368. The van der Waals surface area contributed by atoms with Gasteiger partial charge in [-0.05, 0) is 26.3 Å². The van der Waals surface area contributed by atoms with Gasteiger partial charge < -0.3 is 0 Å². The number of amidine groups is 1. The predicted octanol–water partition coefficient (Wildman–Crippen LogP) is 2.34. The number of nitrogens with zero attached hydrogens (tertiary/aromatic N) is 5. The van der Waals surface area contributed by atoms with E-state index in [-0.39, 0.29) is 24.5 Å². The highest BCUT2D eigenvalue weighted by Gasteiger charge is 2.53. The van der Waals surface area contributed by atoms with Crippen molar-refractivity contribution in [1.82, 2.24) is 14.4 Å². The van der Waals surface area contributed by atoms with E-state index in [4.69, 9.17) is 0 Å². The molecule has 1 atom stereocenters. The van der Waals surface area contributed by atoms with Crippen molar-refractivity contribution in [3.05, 3.63) is 47.8 Å². The van der Waals surface area contributed by atoms with Gasteiger partial charge in [0, 0.05) is 7.05 Å². The van der Waals surface area contributed by atoms with E-state index in [9.17, 15) is 9.59 Å². The van der Waals surface area contributed by atoms with Crippen molar-refractivity contribution in [2.75, 3.05) is 7.05 Å². The van der Waals surface area contributed by atoms with Crippen molar-refractivity contribution < 1.29 is 14.2 Å². The number of benzene rings is 1. The molecule has 7 nitrogen and oxygen atoms in total. The third-order valence-electron chi connectivity index (χ3n) is 4.95. The Morgan fingerprint density at radius 2 is 1.88 bits per heavy atom. The third-order valence-corrected chi connectivity index (χ3v) is 4.95. The molecule has 0 saturated carbocycles. The number of urea groups is 1. The molecule has 1 aromatic carbocycles. The zero-order chi connectivity index (χ0) is 18.6. The number of carbonyl (C=O) groups excluding carboxylic acids is 2. The number of hydrogen-bond donors (Lipinski definition) is 0. The second kappa shape index (κ2) is 5.79. The lowest BCUT2D eigenvalue weighted by atomic mass is 10.1. The maximum atomic E-state index is 13.2. The van der Waals surface area contributed by atoms with Crippen molar-refractivity contribution in [3.8, 4) is 0 Å². The van der Waals surface area contributed by atoms with Crippen LogP contribution in [0.15, 0.2) is 41.5 Å². The predicted molar refractivity (Wildman–Crippen MR) is 96.0 cm³/mol. The monoisotopic (exact) mass is 352 g/mol. The summed E-state index contributed by atoms with van der Waals surface area (Å²) in [6.45, 7) is 6.42. The summed E-state index contributed by atoms with van der Waals surface area (Å²) in [5, 5.41) is 0. The smallest absolute Gasteiger partial charge is 0.270 e. The van der Waals surface area contributed by atoms with E-state index in [1.165, 1.54) is 9.80 Å². The first-order chi connectivity index (χ1) is 12.4. The molecule has 1 aromatic heterocycles. The van der Waals surface area contributed by atoms with Crippen molar-refractivity contribution in [1.29, 1.82) is 0 Å². The van der Waals surface area contributed by atoms with Crippen LogP contribution in [0.3, 0.4) is 0 Å². The van der Waals surface area contributed by atoms with Crippen LogP contribution in [0.1, 0.15) is 37.2 Å². The Balaban J connectivity index is 1.76. The summed E-state index contributed by atoms with van der Waals surface area (Å²) in [6, 6.07) is 8.83. The molecule has 0 spiro atoms. The average Bonchev–Trinajstić information content (AvgIpc) is 3.12. The number of aliphatic imine (C=N–C) groups is 1. The molecule has 1 unspecified atom stereocenters. The number of hydrogen-bond acceptors (Lipinski definition) is 3. The highest BCUT2D eigenvalue weighted by molar-refractivity contribution is 6.18. The minimum Gasteiger partial charge on any atom is -0.270 e. The minimum atomic E-state index is -0.588. The highest BCUT2D eigenvalue weighted by atomic mass is 16.2. The normalized spacial score (nSPS) is 19.1. The van der Waals surface area contributed by atoms with Gasteiger partial charge in [-0.15, -0.1) is 0 Å². The van der Waals surface area contributed by atoms with Crippen LogP contribution in [0, 0.1) is 6.92 Å². The van der Waals surface area contributed by atoms with E-state index in [1.807, 2.05) is 48.0 Å². The Morgan fingerprint density at radius 3 is 2.54 bits per heavy atom. The fourth-order valence-corrected chi connectivity index (χ4v) is 3.75. The number of carbonyl (C=O) groups is 2. The van der Waals surface area contributed by atoms with Gasteiger partial charge in [0.05, 0.1) is 12.6 Å². The maximum Gasteiger partial charge on any atom is 0.402 e. The molecule has 1 saturated heterocycles. The molecule has 3 heterocycles. The number of imidazole rings is 1. The van der Waals surface area contributed by atoms with E-state index in [0.717, 1.165) is 11.3 Å². The minimum absolute atomic E-state index is 0.215. The number of aryl methyl sites for hydroxylation is 1.